The molecule has 0 radical (unpaired) electrons. The monoisotopic (exact) mass is 383 g/mol. The molecule has 0 unspecified atom stereocenters. The summed E-state index contributed by atoms with van der Waals surface area (Å²) in [6, 6.07) is 9.03. The Labute approximate surface area is 156 Å². The minimum atomic E-state index is -3.29. The zero-order chi connectivity index (χ0) is 19.4. The molecule has 1 amide bonds. The van der Waals surface area contributed by atoms with Gasteiger partial charge in [0.1, 0.15) is 5.60 Å². The second kappa shape index (κ2) is 7.96. The smallest absolute Gasteiger partial charge is 0.410 e. The molecular weight excluding hydrogens is 354 g/mol. The van der Waals surface area contributed by atoms with Gasteiger partial charge in [0.2, 0.25) is 0 Å². The first-order chi connectivity index (χ1) is 12.0. The number of hydrogen-bond acceptors (Lipinski definition) is 5. The Kier molecular flexibility index (Phi) is 6.34. The van der Waals surface area contributed by atoms with E-state index in [1.165, 1.54) is 0 Å². The van der Waals surface area contributed by atoms with Crippen molar-refractivity contribution >= 4 is 15.9 Å². The third-order valence-electron chi connectivity index (χ3n) is 4.45. The lowest BCUT2D eigenvalue weighted by Crippen LogP contribution is -2.48. The Bertz CT molecular complexity index is 701. The van der Waals surface area contributed by atoms with Crippen molar-refractivity contribution in [3.63, 3.8) is 0 Å². The van der Waals surface area contributed by atoms with Crippen molar-refractivity contribution < 1.29 is 23.1 Å². The van der Waals surface area contributed by atoms with E-state index < -0.39 is 27.1 Å². The topological polar surface area (TPSA) is 83.9 Å². The van der Waals surface area contributed by atoms with Crippen LogP contribution in [0.2, 0.25) is 0 Å². The highest BCUT2D eigenvalue weighted by molar-refractivity contribution is 7.90. The molecule has 6 nitrogen and oxygen atoms in total. The number of aliphatic hydroxyl groups is 1. The summed E-state index contributed by atoms with van der Waals surface area (Å²) in [4.78, 5) is 13.6. The van der Waals surface area contributed by atoms with E-state index in [2.05, 4.69) is 0 Å². The average molecular weight is 384 g/mol. The van der Waals surface area contributed by atoms with Gasteiger partial charge in [-0.25, -0.2) is 13.2 Å². The fourth-order valence-corrected chi connectivity index (χ4v) is 4.46. The number of sulfone groups is 1. The molecule has 26 heavy (non-hydrogen) atoms. The first-order valence-electron chi connectivity index (χ1n) is 8.93. The zero-order valence-corrected chi connectivity index (χ0v) is 16.6. The van der Waals surface area contributed by atoms with Gasteiger partial charge in [0.15, 0.2) is 9.84 Å². The number of nitrogens with zero attached hydrogens (tertiary/aromatic N) is 1. The van der Waals surface area contributed by atoms with E-state index in [9.17, 15) is 18.3 Å². The quantitative estimate of drug-likeness (QED) is 0.845. The van der Waals surface area contributed by atoms with E-state index in [-0.39, 0.29) is 17.9 Å². The lowest BCUT2D eigenvalue weighted by atomic mass is 9.89. The molecule has 146 valence electrons. The van der Waals surface area contributed by atoms with E-state index >= 15 is 0 Å². The first kappa shape index (κ1) is 20.7. The van der Waals surface area contributed by atoms with Crippen molar-refractivity contribution in [3.05, 3.63) is 35.9 Å². The third kappa shape index (κ3) is 6.61. The maximum absolute atomic E-state index is 12.3. The molecule has 1 saturated heterocycles. The lowest BCUT2D eigenvalue weighted by Gasteiger charge is -2.38. The molecule has 1 aromatic carbocycles. The zero-order valence-electron chi connectivity index (χ0n) is 15.8. The van der Waals surface area contributed by atoms with Gasteiger partial charge in [0.25, 0.3) is 0 Å². The van der Waals surface area contributed by atoms with Crippen molar-refractivity contribution in [2.75, 3.05) is 18.8 Å². The van der Waals surface area contributed by atoms with Crippen LogP contribution in [0.15, 0.2) is 30.3 Å². The number of benzene rings is 1. The van der Waals surface area contributed by atoms with E-state index in [0.717, 1.165) is 5.56 Å². The van der Waals surface area contributed by atoms with Crippen LogP contribution < -0.4 is 0 Å². The Hall–Kier alpha value is -1.60. The van der Waals surface area contributed by atoms with Crippen LogP contribution in [-0.4, -0.2) is 54.6 Å². The van der Waals surface area contributed by atoms with Gasteiger partial charge in [-0.1, -0.05) is 30.3 Å². The van der Waals surface area contributed by atoms with Crippen LogP contribution in [0.4, 0.5) is 4.79 Å². The number of likely N-dealkylation sites (tertiary alicyclic amines) is 1. The molecule has 0 aromatic heterocycles. The average Bonchev–Trinajstić information content (AvgIpc) is 2.53. The van der Waals surface area contributed by atoms with Crippen LogP contribution in [0.5, 0.6) is 0 Å². The van der Waals surface area contributed by atoms with Gasteiger partial charge >= 0.3 is 6.09 Å². The Balaban J connectivity index is 1.84. The van der Waals surface area contributed by atoms with E-state index in [0.29, 0.717) is 25.9 Å². The predicted molar refractivity (Wildman–Crippen MR) is 101 cm³/mol. The predicted octanol–water partition coefficient (Wildman–Crippen LogP) is 2.75. The summed E-state index contributed by atoms with van der Waals surface area (Å²) in [6.07, 6.45) is 0.501. The molecule has 1 N–H and O–H groups in total. The van der Waals surface area contributed by atoms with Gasteiger partial charge < -0.3 is 14.7 Å². The van der Waals surface area contributed by atoms with Crippen molar-refractivity contribution in [2.24, 2.45) is 0 Å². The van der Waals surface area contributed by atoms with Gasteiger partial charge in [0, 0.05) is 13.1 Å². The van der Waals surface area contributed by atoms with Crippen LogP contribution in [0.1, 0.15) is 45.6 Å². The standard InChI is InChI=1S/C19H29NO5S/c1-18(2,3)25-17(21)20-12-9-19(22,10-13-20)11-14-26(23,24)15-16-7-5-4-6-8-16/h4-8,22H,9-15H2,1-3H3. The largest absolute Gasteiger partial charge is 0.444 e. The highest BCUT2D eigenvalue weighted by atomic mass is 32.2. The van der Waals surface area contributed by atoms with Crippen LogP contribution >= 0.6 is 0 Å². The number of rotatable bonds is 5. The molecule has 1 fully saturated rings. The minimum Gasteiger partial charge on any atom is -0.444 e. The van der Waals surface area contributed by atoms with Gasteiger partial charge in [-0.2, -0.15) is 0 Å². The summed E-state index contributed by atoms with van der Waals surface area (Å²) in [5.41, 5.74) is -0.863. The maximum atomic E-state index is 12.3. The molecular formula is C19H29NO5S. The molecule has 0 bridgehead atoms. The SMILES string of the molecule is CC(C)(C)OC(=O)N1CCC(O)(CCS(=O)(=O)Cc2ccccc2)CC1. The molecule has 1 aliphatic rings. The van der Waals surface area contributed by atoms with Crippen LogP contribution in [-0.2, 0) is 20.3 Å². The Morgan fingerprint density at radius 1 is 1.19 bits per heavy atom. The summed E-state index contributed by atoms with van der Waals surface area (Å²) in [7, 11) is -3.29. The molecule has 1 aliphatic heterocycles. The van der Waals surface area contributed by atoms with E-state index in [1.54, 1.807) is 17.0 Å². The number of piperidine rings is 1. The third-order valence-corrected chi connectivity index (χ3v) is 6.05. The lowest BCUT2D eigenvalue weighted by molar-refractivity contribution is -0.0334. The molecule has 7 heteroatoms. The summed E-state index contributed by atoms with van der Waals surface area (Å²) in [5, 5.41) is 10.7. The Morgan fingerprint density at radius 2 is 1.77 bits per heavy atom. The second-order valence-electron chi connectivity index (χ2n) is 8.02. The summed E-state index contributed by atoms with van der Waals surface area (Å²) in [6.45, 7) is 6.16. The highest BCUT2D eigenvalue weighted by Gasteiger charge is 2.36. The van der Waals surface area contributed by atoms with Crippen LogP contribution in [0, 0.1) is 0 Å². The molecule has 0 spiro atoms. The maximum Gasteiger partial charge on any atom is 0.410 e. The van der Waals surface area contributed by atoms with Crippen molar-refractivity contribution in [1.29, 1.82) is 0 Å². The van der Waals surface area contributed by atoms with Gasteiger partial charge in [-0.05, 0) is 45.6 Å². The summed E-state index contributed by atoms with van der Waals surface area (Å²) in [5.74, 6) is -0.0845. The molecule has 2 rings (SSSR count). The molecule has 0 saturated carbocycles. The number of hydrogen-bond donors (Lipinski definition) is 1. The first-order valence-corrected chi connectivity index (χ1v) is 10.7. The fourth-order valence-electron chi connectivity index (χ4n) is 2.93. The van der Waals surface area contributed by atoms with Crippen molar-refractivity contribution in [1.82, 2.24) is 4.90 Å². The van der Waals surface area contributed by atoms with Crippen LogP contribution in [0.25, 0.3) is 0 Å². The van der Waals surface area contributed by atoms with Gasteiger partial charge in [-0.3, -0.25) is 0 Å². The minimum absolute atomic E-state index is 0.0199. The van der Waals surface area contributed by atoms with Gasteiger partial charge in [-0.15, -0.1) is 0 Å². The highest BCUT2D eigenvalue weighted by Crippen LogP contribution is 2.27. The molecule has 0 aliphatic carbocycles. The summed E-state index contributed by atoms with van der Waals surface area (Å²) >= 11 is 0. The van der Waals surface area contributed by atoms with Gasteiger partial charge in [0.05, 0.1) is 17.1 Å². The summed E-state index contributed by atoms with van der Waals surface area (Å²) < 4.78 is 30.0. The number of carbonyl (C=O) groups is 1. The number of amides is 1. The van der Waals surface area contributed by atoms with E-state index in [1.807, 2.05) is 39.0 Å². The van der Waals surface area contributed by atoms with Crippen molar-refractivity contribution in [2.45, 2.75) is 57.0 Å². The molecule has 1 aromatic rings. The number of carbonyl (C=O) groups excluding carboxylic acids is 1. The normalized spacial score (nSPS) is 17.8. The molecule has 0 atom stereocenters. The van der Waals surface area contributed by atoms with Crippen LogP contribution in [0.3, 0.4) is 0 Å². The van der Waals surface area contributed by atoms with Crippen molar-refractivity contribution in [3.8, 4) is 0 Å². The molecule has 1 heterocycles. The second-order valence-corrected chi connectivity index (χ2v) is 10.2. The van der Waals surface area contributed by atoms with E-state index in [4.69, 9.17) is 4.74 Å². The Morgan fingerprint density at radius 3 is 2.31 bits per heavy atom. The fraction of sp³-hybridized carbons (Fsp3) is 0.632. The number of ether oxygens (including phenoxy) is 1.